The van der Waals surface area contributed by atoms with Crippen LogP contribution < -0.4 is 9.47 Å². The molecule has 0 heterocycles. The number of hydrogen-bond acceptors (Lipinski definition) is 6. The van der Waals surface area contributed by atoms with Gasteiger partial charge in [0.2, 0.25) is 0 Å². The summed E-state index contributed by atoms with van der Waals surface area (Å²) in [7, 11) is 0. The number of fused-ring (bicyclic) bond motifs is 1. The third-order valence-electron chi connectivity index (χ3n) is 5.68. The molecular formula is C30H32O7. The van der Waals surface area contributed by atoms with Gasteiger partial charge in [-0.1, -0.05) is 66.7 Å². The number of para-hydroxylation sites is 1. The summed E-state index contributed by atoms with van der Waals surface area (Å²) in [6, 6.07) is 22.6. The summed E-state index contributed by atoms with van der Waals surface area (Å²) in [6.45, 7) is 3.22. The SMILES string of the molecule is CC(=CCC(COc1cccc2ccccc12)OC(=O)C(C)=CCC(O)COc1ccccc1)C(=O)O. The number of carboxylic acids is 1. The smallest absolute Gasteiger partial charge is 0.333 e. The molecule has 3 aromatic carbocycles. The number of rotatable bonds is 13. The number of benzene rings is 3. The van der Waals surface area contributed by atoms with Gasteiger partial charge < -0.3 is 24.4 Å². The molecule has 0 fully saturated rings. The van der Waals surface area contributed by atoms with Crippen LogP contribution in [0.25, 0.3) is 10.8 Å². The maximum atomic E-state index is 12.8. The van der Waals surface area contributed by atoms with Crippen molar-refractivity contribution < 1.29 is 34.0 Å². The fourth-order valence-electron chi connectivity index (χ4n) is 3.47. The second-order valence-electron chi connectivity index (χ2n) is 8.64. The molecular weight excluding hydrogens is 472 g/mol. The van der Waals surface area contributed by atoms with Gasteiger partial charge in [-0.15, -0.1) is 0 Å². The first kappa shape index (κ1) is 27.5. The minimum atomic E-state index is -1.04. The highest BCUT2D eigenvalue weighted by molar-refractivity contribution is 5.89. The topological polar surface area (TPSA) is 102 Å². The molecule has 0 radical (unpaired) electrons. The van der Waals surface area contributed by atoms with Crippen LogP contribution in [0.1, 0.15) is 26.7 Å². The Morgan fingerprint density at radius 3 is 2.24 bits per heavy atom. The van der Waals surface area contributed by atoms with Crippen LogP contribution in [-0.4, -0.2) is 47.6 Å². The molecule has 7 nitrogen and oxygen atoms in total. The Hall–Kier alpha value is -4.10. The van der Waals surface area contributed by atoms with E-state index < -0.39 is 24.1 Å². The Morgan fingerprint density at radius 2 is 1.49 bits per heavy atom. The molecule has 3 rings (SSSR count). The number of carbonyl (C=O) groups is 2. The summed E-state index contributed by atoms with van der Waals surface area (Å²) in [5, 5.41) is 21.3. The van der Waals surface area contributed by atoms with Gasteiger partial charge in [-0.25, -0.2) is 9.59 Å². The first-order chi connectivity index (χ1) is 17.8. The Bertz CT molecular complexity index is 1240. The lowest BCUT2D eigenvalue weighted by atomic mass is 10.1. The number of aliphatic hydroxyl groups is 1. The van der Waals surface area contributed by atoms with Gasteiger partial charge in [0, 0.05) is 23.0 Å². The number of carbonyl (C=O) groups excluding carboxylic acids is 1. The van der Waals surface area contributed by atoms with Crippen LogP contribution >= 0.6 is 0 Å². The first-order valence-electron chi connectivity index (χ1n) is 12.1. The van der Waals surface area contributed by atoms with Gasteiger partial charge >= 0.3 is 11.9 Å². The van der Waals surface area contributed by atoms with E-state index in [2.05, 4.69) is 0 Å². The number of aliphatic hydroxyl groups excluding tert-OH is 1. The summed E-state index contributed by atoms with van der Waals surface area (Å²) in [5.41, 5.74) is 0.480. The van der Waals surface area contributed by atoms with Crippen molar-refractivity contribution in [2.75, 3.05) is 13.2 Å². The average molecular weight is 505 g/mol. The van der Waals surface area contributed by atoms with Crippen LogP contribution in [0.2, 0.25) is 0 Å². The van der Waals surface area contributed by atoms with Gasteiger partial charge in [-0.05, 0) is 43.9 Å². The van der Waals surface area contributed by atoms with Crippen molar-refractivity contribution in [3.63, 3.8) is 0 Å². The molecule has 0 saturated heterocycles. The lowest BCUT2D eigenvalue weighted by Gasteiger charge is -2.19. The van der Waals surface area contributed by atoms with E-state index in [0.29, 0.717) is 17.1 Å². The van der Waals surface area contributed by atoms with E-state index in [0.717, 1.165) is 10.8 Å². The van der Waals surface area contributed by atoms with Crippen molar-refractivity contribution in [2.45, 2.75) is 38.9 Å². The Labute approximate surface area is 216 Å². The molecule has 0 bridgehead atoms. The number of esters is 1. The second kappa shape index (κ2) is 13.8. The minimum absolute atomic E-state index is 0.0456. The highest BCUT2D eigenvalue weighted by Crippen LogP contribution is 2.25. The number of aliphatic carboxylic acids is 1. The fourth-order valence-corrected chi connectivity index (χ4v) is 3.47. The molecule has 37 heavy (non-hydrogen) atoms. The molecule has 2 N–H and O–H groups in total. The standard InChI is InChI=1S/C30H32O7/c1-21(29(32)33)16-18-26(20-36-28-14-8-10-23-9-6-7-13-27(23)28)37-30(34)22(2)15-17-24(31)19-35-25-11-4-3-5-12-25/h3-16,24,26,31H,17-20H2,1-2H3,(H,32,33). The van der Waals surface area contributed by atoms with Crippen molar-refractivity contribution in [2.24, 2.45) is 0 Å². The van der Waals surface area contributed by atoms with Crippen molar-refractivity contribution in [1.82, 2.24) is 0 Å². The molecule has 0 amide bonds. The van der Waals surface area contributed by atoms with Gasteiger partial charge in [0.1, 0.15) is 30.8 Å². The van der Waals surface area contributed by atoms with Gasteiger partial charge in [0.25, 0.3) is 0 Å². The van der Waals surface area contributed by atoms with Gasteiger partial charge in [-0.3, -0.25) is 0 Å². The predicted molar refractivity (Wildman–Crippen MR) is 142 cm³/mol. The second-order valence-corrected chi connectivity index (χ2v) is 8.64. The molecule has 7 heteroatoms. The van der Waals surface area contributed by atoms with E-state index >= 15 is 0 Å². The van der Waals surface area contributed by atoms with Crippen molar-refractivity contribution in [1.29, 1.82) is 0 Å². The van der Waals surface area contributed by atoms with Crippen LogP contribution in [-0.2, 0) is 14.3 Å². The summed E-state index contributed by atoms with van der Waals surface area (Å²) in [4.78, 5) is 24.0. The van der Waals surface area contributed by atoms with Gasteiger partial charge in [0.15, 0.2) is 0 Å². The van der Waals surface area contributed by atoms with E-state index in [9.17, 15) is 19.8 Å². The summed E-state index contributed by atoms with van der Waals surface area (Å²) < 4.78 is 17.2. The van der Waals surface area contributed by atoms with Crippen LogP contribution in [0, 0.1) is 0 Å². The van der Waals surface area contributed by atoms with Crippen molar-refractivity contribution in [3.8, 4) is 11.5 Å². The van der Waals surface area contributed by atoms with Crippen LogP contribution in [0.5, 0.6) is 11.5 Å². The zero-order valence-electron chi connectivity index (χ0n) is 21.0. The Kier molecular flexibility index (Phi) is 10.3. The highest BCUT2D eigenvalue weighted by Gasteiger charge is 2.18. The Balaban J connectivity index is 1.61. The van der Waals surface area contributed by atoms with Crippen LogP contribution in [0.3, 0.4) is 0 Å². The zero-order chi connectivity index (χ0) is 26.6. The third-order valence-corrected chi connectivity index (χ3v) is 5.68. The number of carboxylic acid groups (broad SMARTS) is 1. The fraction of sp³-hybridized carbons (Fsp3) is 0.267. The average Bonchev–Trinajstić information content (AvgIpc) is 2.92. The molecule has 0 aliphatic carbocycles. The summed E-state index contributed by atoms with van der Waals surface area (Å²) in [6.07, 6.45) is 1.99. The maximum absolute atomic E-state index is 12.8. The van der Waals surface area contributed by atoms with Crippen molar-refractivity contribution >= 4 is 22.7 Å². The van der Waals surface area contributed by atoms with Gasteiger partial charge in [0.05, 0.1) is 6.10 Å². The van der Waals surface area contributed by atoms with Gasteiger partial charge in [-0.2, -0.15) is 0 Å². The number of hydrogen-bond donors (Lipinski definition) is 2. The molecule has 2 unspecified atom stereocenters. The largest absolute Gasteiger partial charge is 0.491 e. The molecule has 0 aliphatic rings. The molecule has 2 atom stereocenters. The zero-order valence-corrected chi connectivity index (χ0v) is 21.0. The quantitative estimate of drug-likeness (QED) is 0.240. The molecule has 0 aromatic heterocycles. The molecule has 0 saturated carbocycles. The summed E-state index contributed by atoms with van der Waals surface area (Å²) in [5.74, 6) is -0.306. The van der Waals surface area contributed by atoms with Crippen LogP contribution in [0.15, 0.2) is 96.1 Å². The molecule has 3 aromatic rings. The van der Waals surface area contributed by atoms with E-state index in [1.54, 1.807) is 25.1 Å². The maximum Gasteiger partial charge on any atom is 0.333 e. The normalized spacial score (nSPS) is 13.6. The van der Waals surface area contributed by atoms with E-state index in [1.165, 1.54) is 13.0 Å². The highest BCUT2D eigenvalue weighted by atomic mass is 16.6. The molecule has 194 valence electrons. The summed E-state index contributed by atoms with van der Waals surface area (Å²) >= 11 is 0. The number of ether oxygens (including phenoxy) is 3. The monoisotopic (exact) mass is 504 g/mol. The lowest BCUT2D eigenvalue weighted by Crippen LogP contribution is -2.25. The van der Waals surface area contributed by atoms with Crippen LogP contribution in [0.4, 0.5) is 0 Å². The van der Waals surface area contributed by atoms with E-state index in [4.69, 9.17) is 14.2 Å². The predicted octanol–water partition coefficient (Wildman–Crippen LogP) is 5.33. The Morgan fingerprint density at radius 1 is 0.811 bits per heavy atom. The molecule has 0 spiro atoms. The lowest BCUT2D eigenvalue weighted by molar-refractivity contribution is -0.145. The minimum Gasteiger partial charge on any atom is -0.491 e. The van der Waals surface area contributed by atoms with Crippen molar-refractivity contribution in [3.05, 3.63) is 96.1 Å². The first-order valence-corrected chi connectivity index (χ1v) is 12.1. The molecule has 0 aliphatic heterocycles. The van der Waals surface area contributed by atoms with E-state index in [1.807, 2.05) is 60.7 Å². The third kappa shape index (κ3) is 8.81. The van der Waals surface area contributed by atoms with E-state index in [-0.39, 0.29) is 31.6 Å².